The van der Waals surface area contributed by atoms with E-state index in [1.165, 1.54) is 19.2 Å². The summed E-state index contributed by atoms with van der Waals surface area (Å²) < 4.78 is 15.5. The molecular weight excluding hydrogens is 442 g/mol. The highest BCUT2D eigenvalue weighted by Gasteiger charge is 2.48. The Morgan fingerprint density at radius 1 is 1.03 bits per heavy atom. The third-order valence-electron chi connectivity index (χ3n) is 5.71. The molecule has 0 spiro atoms. The van der Waals surface area contributed by atoms with Crippen LogP contribution in [-0.4, -0.2) is 33.4 Å². The number of hydrogen-bond acceptors (Lipinski definition) is 9. The van der Waals surface area contributed by atoms with Gasteiger partial charge in [0.05, 0.1) is 17.6 Å². The number of hydrogen-bond donors (Lipinski definition) is 1. The molecule has 10 nitrogen and oxygen atoms in total. The molecule has 1 atom stereocenters. The Hall–Kier alpha value is -4.57. The molecule has 2 heterocycles. The maximum Gasteiger partial charge on any atom is 0.342 e. The van der Waals surface area contributed by atoms with E-state index >= 15 is 0 Å². The van der Waals surface area contributed by atoms with Crippen LogP contribution in [0.3, 0.4) is 0 Å². The Balaban J connectivity index is 1.66. The molecule has 5 rings (SSSR count). The van der Waals surface area contributed by atoms with Gasteiger partial charge in [-0.2, -0.15) is 0 Å². The van der Waals surface area contributed by atoms with E-state index in [0.717, 1.165) is 0 Å². The minimum atomic E-state index is -2.06. The topological polar surface area (TPSA) is 138 Å². The highest BCUT2D eigenvalue weighted by atomic mass is 16.7. The lowest BCUT2D eigenvalue weighted by molar-refractivity contribution is -0.384. The van der Waals surface area contributed by atoms with E-state index in [2.05, 4.69) is 10.3 Å². The van der Waals surface area contributed by atoms with Gasteiger partial charge in [-0.05, 0) is 57.8 Å². The number of carbonyl (C=O) groups is 1. The number of methoxy groups -OCH3 is 1. The number of rotatable bonds is 6. The molecule has 0 bridgehead atoms. The third kappa shape index (κ3) is 3.55. The highest BCUT2D eigenvalue weighted by molar-refractivity contribution is 6.20. The number of non-ortho nitro benzene ring substituents is 1. The molecule has 3 aromatic carbocycles. The standard InChI is InChI=1S/C24H17N3O7/c1-32-18-9-5-16(6-10-18)24(29)19(12-14-2-7-17(8-3-14)27(30)31)22(23(28)33-24)15-4-11-20-21(13-15)26-34-25-20/h2-11,13,29H,12H2,1H3. The maximum absolute atomic E-state index is 13.1. The molecule has 0 saturated heterocycles. The van der Waals surface area contributed by atoms with E-state index in [1.807, 2.05) is 0 Å². The summed E-state index contributed by atoms with van der Waals surface area (Å²) in [5.41, 5.74) is 2.78. The molecule has 10 heteroatoms. The van der Waals surface area contributed by atoms with Crippen LogP contribution < -0.4 is 4.74 Å². The molecule has 0 fully saturated rings. The van der Waals surface area contributed by atoms with Gasteiger partial charge in [-0.15, -0.1) is 0 Å². The zero-order valence-corrected chi connectivity index (χ0v) is 17.8. The summed E-state index contributed by atoms with van der Waals surface area (Å²) in [6, 6.07) is 17.3. The van der Waals surface area contributed by atoms with E-state index in [-0.39, 0.29) is 23.3 Å². The lowest BCUT2D eigenvalue weighted by Gasteiger charge is -2.26. The molecule has 0 saturated carbocycles. The van der Waals surface area contributed by atoms with Gasteiger partial charge in [-0.1, -0.05) is 18.2 Å². The second-order valence-corrected chi connectivity index (χ2v) is 7.68. The number of ether oxygens (including phenoxy) is 2. The van der Waals surface area contributed by atoms with Crippen molar-refractivity contribution >= 4 is 28.3 Å². The minimum absolute atomic E-state index is 0.0638. The van der Waals surface area contributed by atoms with Crippen LogP contribution >= 0.6 is 0 Å². The number of nitro groups is 1. The van der Waals surface area contributed by atoms with Crippen molar-refractivity contribution in [3.8, 4) is 5.75 Å². The molecular formula is C24H17N3O7. The molecule has 4 aromatic rings. The number of benzene rings is 3. The highest BCUT2D eigenvalue weighted by Crippen LogP contribution is 2.45. The molecule has 0 aliphatic carbocycles. The van der Waals surface area contributed by atoms with E-state index in [9.17, 15) is 20.0 Å². The Kier molecular flexibility index (Phi) is 5.06. The molecule has 0 radical (unpaired) electrons. The molecule has 1 aromatic heterocycles. The van der Waals surface area contributed by atoms with Crippen LogP contribution in [0.5, 0.6) is 5.75 Å². The SMILES string of the molecule is COc1ccc(C2(O)OC(=O)C(c3ccc4nonc4c3)=C2Cc2ccc([N+](=O)[O-])cc2)cc1. The van der Waals surface area contributed by atoms with E-state index in [0.29, 0.717) is 33.5 Å². The number of aliphatic hydroxyl groups is 1. The summed E-state index contributed by atoms with van der Waals surface area (Å²) in [5, 5.41) is 30.3. The zero-order chi connectivity index (χ0) is 23.9. The second-order valence-electron chi connectivity index (χ2n) is 7.68. The van der Waals surface area contributed by atoms with Crippen molar-refractivity contribution in [2.75, 3.05) is 7.11 Å². The third-order valence-corrected chi connectivity index (χ3v) is 5.71. The normalized spacial score (nSPS) is 17.8. The van der Waals surface area contributed by atoms with Crippen molar-refractivity contribution < 1.29 is 28.9 Å². The largest absolute Gasteiger partial charge is 0.497 e. The van der Waals surface area contributed by atoms with Gasteiger partial charge in [-0.3, -0.25) is 10.1 Å². The summed E-state index contributed by atoms with van der Waals surface area (Å²) >= 11 is 0. The van der Waals surface area contributed by atoms with Gasteiger partial charge in [0.15, 0.2) is 0 Å². The van der Waals surface area contributed by atoms with Crippen LogP contribution in [0, 0.1) is 10.1 Å². The number of carbonyl (C=O) groups excluding carboxylic acids is 1. The predicted molar refractivity (Wildman–Crippen MR) is 119 cm³/mol. The number of fused-ring (bicyclic) bond motifs is 1. The van der Waals surface area contributed by atoms with E-state index < -0.39 is 16.7 Å². The fraction of sp³-hybridized carbons (Fsp3) is 0.125. The predicted octanol–water partition coefficient (Wildman–Crippen LogP) is 3.54. The zero-order valence-electron chi connectivity index (χ0n) is 17.8. The van der Waals surface area contributed by atoms with Gasteiger partial charge < -0.3 is 14.6 Å². The van der Waals surface area contributed by atoms with Crippen LogP contribution in [-0.2, 0) is 21.7 Å². The number of esters is 1. The smallest absolute Gasteiger partial charge is 0.342 e. The Morgan fingerprint density at radius 3 is 2.41 bits per heavy atom. The van der Waals surface area contributed by atoms with Gasteiger partial charge in [0.1, 0.15) is 16.8 Å². The van der Waals surface area contributed by atoms with Crippen molar-refractivity contribution in [1.29, 1.82) is 0 Å². The summed E-state index contributed by atoms with van der Waals surface area (Å²) in [4.78, 5) is 23.6. The fourth-order valence-electron chi connectivity index (χ4n) is 3.97. The number of nitrogens with zero attached hydrogens (tertiary/aromatic N) is 3. The van der Waals surface area contributed by atoms with Crippen molar-refractivity contribution in [3.63, 3.8) is 0 Å². The Morgan fingerprint density at radius 2 is 1.74 bits per heavy atom. The van der Waals surface area contributed by atoms with E-state index in [1.54, 1.807) is 54.6 Å². The lowest BCUT2D eigenvalue weighted by atomic mass is 9.88. The Bertz CT molecular complexity index is 1440. The summed E-state index contributed by atoms with van der Waals surface area (Å²) in [6.07, 6.45) is 0.0939. The van der Waals surface area contributed by atoms with Crippen LogP contribution in [0.15, 0.2) is 76.9 Å². The van der Waals surface area contributed by atoms with Crippen molar-refractivity contribution in [2.45, 2.75) is 12.2 Å². The molecule has 1 aliphatic rings. The minimum Gasteiger partial charge on any atom is -0.497 e. The van der Waals surface area contributed by atoms with Crippen molar-refractivity contribution in [2.24, 2.45) is 0 Å². The van der Waals surface area contributed by atoms with Crippen LogP contribution in [0.25, 0.3) is 16.6 Å². The maximum atomic E-state index is 13.1. The average Bonchev–Trinajstić information content (AvgIpc) is 3.41. The Labute approximate surface area is 192 Å². The molecule has 170 valence electrons. The summed E-state index contributed by atoms with van der Waals surface area (Å²) in [5.74, 6) is -2.20. The molecule has 0 amide bonds. The molecule has 1 N–H and O–H groups in total. The van der Waals surface area contributed by atoms with Crippen LogP contribution in [0.2, 0.25) is 0 Å². The van der Waals surface area contributed by atoms with Crippen molar-refractivity contribution in [3.05, 3.63) is 99.1 Å². The first-order valence-corrected chi connectivity index (χ1v) is 10.2. The monoisotopic (exact) mass is 459 g/mol. The quantitative estimate of drug-likeness (QED) is 0.261. The van der Waals surface area contributed by atoms with Gasteiger partial charge in [-0.25, -0.2) is 9.42 Å². The second kappa shape index (κ2) is 8.09. The summed E-state index contributed by atoms with van der Waals surface area (Å²) in [6.45, 7) is 0. The molecule has 1 aliphatic heterocycles. The van der Waals surface area contributed by atoms with Crippen molar-refractivity contribution in [1.82, 2.24) is 10.3 Å². The number of nitro benzene ring substituents is 1. The van der Waals surface area contributed by atoms with E-state index in [4.69, 9.17) is 14.1 Å². The fourth-order valence-corrected chi connectivity index (χ4v) is 3.97. The molecule has 1 unspecified atom stereocenters. The molecule has 34 heavy (non-hydrogen) atoms. The number of cyclic esters (lactones) is 1. The first-order valence-electron chi connectivity index (χ1n) is 10.2. The first-order chi connectivity index (χ1) is 16.4. The number of aromatic nitrogens is 2. The van der Waals surface area contributed by atoms with Crippen LogP contribution in [0.4, 0.5) is 5.69 Å². The van der Waals surface area contributed by atoms with Gasteiger partial charge in [0.25, 0.3) is 11.5 Å². The first kappa shape index (κ1) is 21.3. The van der Waals surface area contributed by atoms with Gasteiger partial charge >= 0.3 is 5.97 Å². The summed E-state index contributed by atoms with van der Waals surface area (Å²) in [7, 11) is 1.52. The van der Waals surface area contributed by atoms with Gasteiger partial charge in [0, 0.05) is 29.7 Å². The van der Waals surface area contributed by atoms with Crippen LogP contribution in [0.1, 0.15) is 16.7 Å². The van der Waals surface area contributed by atoms with Gasteiger partial charge in [0.2, 0.25) is 0 Å². The lowest BCUT2D eigenvalue weighted by Crippen LogP contribution is -2.29. The average molecular weight is 459 g/mol.